The highest BCUT2D eigenvalue weighted by Crippen LogP contribution is 2.41. The molecule has 1 unspecified atom stereocenters. The Morgan fingerprint density at radius 1 is 1.10 bits per heavy atom. The molecule has 1 aliphatic heterocycles. The number of esters is 2. The Labute approximate surface area is 187 Å². The van der Waals surface area contributed by atoms with Crippen molar-refractivity contribution in [3.8, 4) is 0 Å². The van der Waals surface area contributed by atoms with E-state index in [-0.39, 0.29) is 11.1 Å². The highest BCUT2D eigenvalue weighted by Gasteiger charge is 2.38. The van der Waals surface area contributed by atoms with Crippen LogP contribution in [0.25, 0.3) is 0 Å². The lowest BCUT2D eigenvalue weighted by atomic mass is 9.80. The zero-order valence-corrected chi connectivity index (χ0v) is 19.6. The van der Waals surface area contributed by atoms with E-state index in [9.17, 15) is 14.4 Å². The molecule has 1 aromatic rings. The van der Waals surface area contributed by atoms with Gasteiger partial charge in [-0.3, -0.25) is 4.79 Å². The molecule has 1 amide bonds. The average Bonchev–Trinajstić information content (AvgIpc) is 2.65. The molecule has 1 heterocycles. The molecule has 0 aliphatic carbocycles. The number of benzene rings is 1. The van der Waals surface area contributed by atoms with E-state index in [0.717, 1.165) is 0 Å². The standard InChI is InChI=1S/C23H29ClN2O5/c1-12-17(20(27)26-14(3)21(28)31-23(4,5)6)19(15-10-8-9-11-16(15)24)18(13(2)25-12)22(29)30-7/h8-11,14,19,25H,1-7H3,(H,26,27)/t14?,19-/m0/s1. The van der Waals surface area contributed by atoms with Crippen LogP contribution in [0.15, 0.2) is 46.8 Å². The lowest BCUT2D eigenvalue weighted by molar-refractivity contribution is -0.157. The predicted molar refractivity (Wildman–Crippen MR) is 118 cm³/mol. The van der Waals surface area contributed by atoms with Gasteiger partial charge in [0.25, 0.3) is 5.91 Å². The first-order valence-corrected chi connectivity index (χ1v) is 10.3. The molecule has 8 heteroatoms. The second kappa shape index (κ2) is 9.56. The first kappa shape index (κ1) is 24.5. The van der Waals surface area contributed by atoms with Crippen LogP contribution in [0.2, 0.25) is 5.02 Å². The van der Waals surface area contributed by atoms with Crippen LogP contribution in [0.4, 0.5) is 0 Å². The normalized spacial score (nSPS) is 17.6. The molecule has 0 fully saturated rings. The van der Waals surface area contributed by atoms with Crippen LogP contribution >= 0.6 is 11.6 Å². The van der Waals surface area contributed by atoms with E-state index in [1.165, 1.54) is 7.11 Å². The molecule has 7 nitrogen and oxygen atoms in total. The fourth-order valence-corrected chi connectivity index (χ4v) is 3.66. The molecule has 168 valence electrons. The van der Waals surface area contributed by atoms with E-state index >= 15 is 0 Å². The molecule has 1 aromatic carbocycles. The highest BCUT2D eigenvalue weighted by atomic mass is 35.5. The van der Waals surface area contributed by atoms with Crippen molar-refractivity contribution < 1.29 is 23.9 Å². The number of carbonyl (C=O) groups is 3. The van der Waals surface area contributed by atoms with Gasteiger partial charge in [0.15, 0.2) is 0 Å². The van der Waals surface area contributed by atoms with Gasteiger partial charge in [0.1, 0.15) is 11.6 Å². The van der Waals surface area contributed by atoms with Crippen molar-refractivity contribution >= 4 is 29.4 Å². The number of dihydropyridines is 1. The van der Waals surface area contributed by atoms with Gasteiger partial charge in [-0.2, -0.15) is 0 Å². The fraction of sp³-hybridized carbons (Fsp3) is 0.435. The summed E-state index contributed by atoms with van der Waals surface area (Å²) in [6.07, 6.45) is 0. The third kappa shape index (κ3) is 5.67. The number of amides is 1. The molecule has 0 aromatic heterocycles. The first-order chi connectivity index (χ1) is 14.4. The second-order valence-electron chi connectivity index (χ2n) is 8.38. The average molecular weight is 449 g/mol. The molecular formula is C23H29ClN2O5. The Bertz CT molecular complexity index is 959. The Morgan fingerprint density at radius 3 is 2.23 bits per heavy atom. The van der Waals surface area contributed by atoms with Gasteiger partial charge in [-0.1, -0.05) is 29.8 Å². The van der Waals surface area contributed by atoms with E-state index in [1.54, 1.807) is 65.8 Å². The minimum atomic E-state index is -0.896. The maximum atomic E-state index is 13.3. The third-order valence-corrected chi connectivity index (χ3v) is 5.08. The summed E-state index contributed by atoms with van der Waals surface area (Å²) in [4.78, 5) is 38.3. The van der Waals surface area contributed by atoms with Crippen molar-refractivity contribution in [2.45, 2.75) is 59.1 Å². The SMILES string of the molecule is COC(=O)C1=C(C)NC(C)=C(C(=O)NC(C)C(=O)OC(C)(C)C)[C@@H]1c1ccccc1Cl. The number of halogens is 1. The number of methoxy groups -OCH3 is 1. The minimum Gasteiger partial charge on any atom is -0.466 e. The van der Waals surface area contributed by atoms with Gasteiger partial charge in [-0.05, 0) is 53.2 Å². The quantitative estimate of drug-likeness (QED) is 0.668. The number of nitrogens with one attached hydrogen (secondary N) is 2. The summed E-state index contributed by atoms with van der Waals surface area (Å²) in [7, 11) is 1.28. The molecular weight excluding hydrogens is 420 g/mol. The zero-order valence-electron chi connectivity index (χ0n) is 18.9. The molecule has 0 spiro atoms. The first-order valence-electron chi connectivity index (χ1n) is 9.92. The van der Waals surface area contributed by atoms with Crippen LogP contribution in [-0.2, 0) is 23.9 Å². The van der Waals surface area contributed by atoms with Gasteiger partial charge in [0, 0.05) is 22.0 Å². The minimum absolute atomic E-state index is 0.273. The smallest absolute Gasteiger partial charge is 0.336 e. The number of rotatable bonds is 5. The van der Waals surface area contributed by atoms with Crippen molar-refractivity contribution in [3.05, 3.63) is 57.4 Å². The Hall–Kier alpha value is -2.80. The van der Waals surface area contributed by atoms with Crippen molar-refractivity contribution in [2.75, 3.05) is 7.11 Å². The van der Waals surface area contributed by atoms with Crippen LogP contribution in [-0.4, -0.2) is 36.6 Å². The number of hydrogen-bond donors (Lipinski definition) is 2. The van der Waals surface area contributed by atoms with Crippen LogP contribution in [0.5, 0.6) is 0 Å². The monoisotopic (exact) mass is 448 g/mol. The zero-order chi connectivity index (χ0) is 23.5. The van der Waals surface area contributed by atoms with Gasteiger partial charge in [-0.15, -0.1) is 0 Å². The van der Waals surface area contributed by atoms with Crippen LogP contribution < -0.4 is 10.6 Å². The molecule has 0 saturated heterocycles. The molecule has 31 heavy (non-hydrogen) atoms. The van der Waals surface area contributed by atoms with Crippen molar-refractivity contribution in [2.24, 2.45) is 0 Å². The van der Waals surface area contributed by atoms with E-state index in [4.69, 9.17) is 21.1 Å². The molecule has 2 N–H and O–H groups in total. The third-order valence-electron chi connectivity index (χ3n) is 4.73. The van der Waals surface area contributed by atoms with Crippen molar-refractivity contribution in [1.82, 2.24) is 10.6 Å². The Kier molecular flexibility index (Phi) is 7.54. The lowest BCUT2D eigenvalue weighted by Crippen LogP contribution is -2.45. The summed E-state index contributed by atoms with van der Waals surface area (Å²) >= 11 is 6.44. The van der Waals surface area contributed by atoms with E-state index in [0.29, 0.717) is 22.0 Å². The second-order valence-corrected chi connectivity index (χ2v) is 8.78. The Morgan fingerprint density at radius 2 is 1.68 bits per heavy atom. The molecule has 0 radical (unpaired) electrons. The van der Waals surface area contributed by atoms with E-state index < -0.39 is 35.4 Å². The summed E-state index contributed by atoms with van der Waals surface area (Å²) in [5.41, 5.74) is 1.55. The highest BCUT2D eigenvalue weighted by molar-refractivity contribution is 6.31. The van der Waals surface area contributed by atoms with Crippen molar-refractivity contribution in [3.63, 3.8) is 0 Å². The number of ether oxygens (including phenoxy) is 2. The number of carbonyl (C=O) groups excluding carboxylic acids is 3. The lowest BCUT2D eigenvalue weighted by Gasteiger charge is -2.32. The summed E-state index contributed by atoms with van der Waals surface area (Å²) in [6.45, 7) is 10.3. The molecule has 2 rings (SSSR count). The maximum absolute atomic E-state index is 13.3. The van der Waals surface area contributed by atoms with Crippen LogP contribution in [0.1, 0.15) is 53.0 Å². The predicted octanol–water partition coefficient (Wildman–Crippen LogP) is 3.59. The number of hydrogen-bond acceptors (Lipinski definition) is 6. The van der Waals surface area contributed by atoms with Gasteiger partial charge < -0.3 is 20.1 Å². The Balaban J connectivity index is 2.49. The maximum Gasteiger partial charge on any atom is 0.336 e. The molecule has 0 bridgehead atoms. The summed E-state index contributed by atoms with van der Waals surface area (Å²) in [5.74, 6) is -2.42. The number of allylic oxidation sites excluding steroid dienone is 2. The van der Waals surface area contributed by atoms with Crippen LogP contribution in [0, 0.1) is 0 Å². The summed E-state index contributed by atoms with van der Waals surface area (Å²) in [6, 6.07) is 6.10. The van der Waals surface area contributed by atoms with Crippen molar-refractivity contribution in [1.29, 1.82) is 0 Å². The fourth-order valence-electron chi connectivity index (χ4n) is 3.42. The van der Waals surface area contributed by atoms with Gasteiger partial charge in [0.2, 0.25) is 0 Å². The topological polar surface area (TPSA) is 93.7 Å². The van der Waals surface area contributed by atoms with E-state index in [2.05, 4.69) is 10.6 Å². The van der Waals surface area contributed by atoms with Gasteiger partial charge in [0.05, 0.1) is 18.6 Å². The van der Waals surface area contributed by atoms with E-state index in [1.807, 2.05) is 0 Å². The molecule has 1 aliphatic rings. The largest absolute Gasteiger partial charge is 0.466 e. The summed E-state index contributed by atoms with van der Waals surface area (Å²) in [5, 5.41) is 6.16. The molecule has 2 atom stereocenters. The molecule has 0 saturated carbocycles. The van der Waals surface area contributed by atoms with Gasteiger partial charge in [-0.25, -0.2) is 9.59 Å². The van der Waals surface area contributed by atoms with Gasteiger partial charge >= 0.3 is 11.9 Å². The summed E-state index contributed by atoms with van der Waals surface area (Å²) < 4.78 is 10.3. The van der Waals surface area contributed by atoms with Crippen LogP contribution in [0.3, 0.4) is 0 Å².